The number of aryl methyl sites for hydroxylation is 1. The number of fused-ring (bicyclic) bond motifs is 1. The molecule has 0 saturated carbocycles. The minimum Gasteiger partial charge on any atom is -0.379 e. The number of para-hydroxylation sites is 1. The molecule has 0 bridgehead atoms. The van der Waals surface area contributed by atoms with Crippen LogP contribution >= 0.6 is 0 Å². The van der Waals surface area contributed by atoms with E-state index < -0.39 is 0 Å². The monoisotopic (exact) mass is 541 g/mol. The summed E-state index contributed by atoms with van der Waals surface area (Å²) in [7, 11) is 0. The lowest BCUT2D eigenvalue weighted by atomic mass is 9.97. The maximum atomic E-state index is 5.15. The van der Waals surface area contributed by atoms with E-state index in [1.54, 1.807) is 0 Å². The molecule has 1 unspecified atom stereocenters. The summed E-state index contributed by atoms with van der Waals surface area (Å²) in [5.74, 6) is 0. The molecule has 6 aromatic rings. The molecular formula is C39H31N3. The first-order chi connectivity index (χ1) is 20.7. The SMILES string of the molecule is C=Cc1c(C)c2ccccc2n1-c1ccc(-c2cc(-c3cccc(-c4ccccc4)c3)nc(C3C=CC=CN3)c2)cc1. The van der Waals surface area contributed by atoms with Crippen molar-refractivity contribution in [2.45, 2.75) is 13.0 Å². The van der Waals surface area contributed by atoms with E-state index in [1.165, 1.54) is 27.6 Å². The molecule has 1 aliphatic heterocycles. The van der Waals surface area contributed by atoms with Gasteiger partial charge in [0.05, 0.1) is 22.9 Å². The Morgan fingerprint density at radius 3 is 2.24 bits per heavy atom. The standard InChI is InChI=1S/C39H31N3/c1-3-38-27(2)34-16-7-8-18-39(34)42(38)33-21-19-29(20-22-33)32-25-36(41-37(26-32)35-17-9-10-23-40-35)31-15-11-14-30(24-31)28-12-5-4-6-13-28/h3-26,35,40H,1H2,2H3. The maximum Gasteiger partial charge on any atom is 0.0869 e. The third-order valence-corrected chi connectivity index (χ3v) is 8.04. The lowest BCUT2D eigenvalue weighted by molar-refractivity contribution is 0.722. The van der Waals surface area contributed by atoms with Crippen LogP contribution in [0.5, 0.6) is 0 Å². The van der Waals surface area contributed by atoms with Crippen molar-refractivity contribution in [1.29, 1.82) is 0 Å². The van der Waals surface area contributed by atoms with E-state index >= 15 is 0 Å². The van der Waals surface area contributed by atoms with Gasteiger partial charge in [-0.2, -0.15) is 0 Å². The van der Waals surface area contributed by atoms with Crippen molar-refractivity contribution >= 4 is 17.0 Å². The van der Waals surface area contributed by atoms with Gasteiger partial charge in [0.25, 0.3) is 0 Å². The molecule has 1 atom stereocenters. The minimum absolute atomic E-state index is 0.00893. The fraction of sp³-hybridized carbons (Fsp3) is 0.0513. The zero-order chi connectivity index (χ0) is 28.5. The lowest BCUT2D eigenvalue weighted by Gasteiger charge is -2.18. The third-order valence-electron chi connectivity index (χ3n) is 8.04. The fourth-order valence-electron chi connectivity index (χ4n) is 5.89. The molecule has 7 rings (SSSR count). The van der Waals surface area contributed by atoms with Crippen molar-refractivity contribution in [3.8, 4) is 39.2 Å². The highest BCUT2D eigenvalue weighted by Crippen LogP contribution is 2.34. The van der Waals surface area contributed by atoms with E-state index in [0.29, 0.717) is 0 Å². The molecule has 3 nitrogen and oxygen atoms in total. The van der Waals surface area contributed by atoms with Crippen LogP contribution in [0.3, 0.4) is 0 Å². The first-order valence-corrected chi connectivity index (χ1v) is 14.3. The quantitative estimate of drug-likeness (QED) is 0.227. The summed E-state index contributed by atoms with van der Waals surface area (Å²) >= 11 is 0. The number of allylic oxidation sites excluding steroid dienone is 2. The molecule has 1 N–H and O–H groups in total. The second-order valence-corrected chi connectivity index (χ2v) is 10.6. The van der Waals surface area contributed by atoms with Crippen molar-refractivity contribution in [1.82, 2.24) is 14.9 Å². The fourth-order valence-corrected chi connectivity index (χ4v) is 5.89. The maximum absolute atomic E-state index is 5.15. The van der Waals surface area contributed by atoms with E-state index in [1.807, 2.05) is 24.4 Å². The average Bonchev–Trinajstić information content (AvgIpc) is 3.36. The van der Waals surface area contributed by atoms with Crippen molar-refractivity contribution in [3.63, 3.8) is 0 Å². The first kappa shape index (κ1) is 25.6. The molecular weight excluding hydrogens is 510 g/mol. The van der Waals surface area contributed by atoms with Gasteiger partial charge in [-0.05, 0) is 89.5 Å². The summed E-state index contributed by atoms with van der Waals surface area (Å²) in [6, 6.07) is 40.9. The highest BCUT2D eigenvalue weighted by Gasteiger charge is 2.16. The largest absolute Gasteiger partial charge is 0.379 e. The van der Waals surface area contributed by atoms with Gasteiger partial charge in [-0.3, -0.25) is 4.98 Å². The zero-order valence-electron chi connectivity index (χ0n) is 23.5. The molecule has 0 amide bonds. The van der Waals surface area contributed by atoms with Crippen LogP contribution in [-0.4, -0.2) is 9.55 Å². The summed E-state index contributed by atoms with van der Waals surface area (Å²) < 4.78 is 2.29. The van der Waals surface area contributed by atoms with Crippen LogP contribution in [0.25, 0.3) is 56.2 Å². The molecule has 0 saturated heterocycles. The third kappa shape index (κ3) is 4.65. The predicted molar refractivity (Wildman–Crippen MR) is 176 cm³/mol. The topological polar surface area (TPSA) is 29.9 Å². The van der Waals surface area contributed by atoms with Gasteiger partial charge in [-0.15, -0.1) is 0 Å². The van der Waals surface area contributed by atoms with E-state index in [9.17, 15) is 0 Å². The van der Waals surface area contributed by atoms with Crippen LogP contribution in [0.15, 0.2) is 146 Å². The van der Waals surface area contributed by atoms with Crippen LogP contribution in [0.1, 0.15) is 23.0 Å². The molecule has 0 aliphatic carbocycles. The van der Waals surface area contributed by atoms with Gasteiger partial charge in [0, 0.05) is 22.3 Å². The number of benzene rings is 4. The number of aromatic nitrogens is 2. The Balaban J connectivity index is 1.32. The molecule has 0 radical (unpaired) electrons. The zero-order valence-corrected chi connectivity index (χ0v) is 23.5. The number of dihydropyridines is 1. The predicted octanol–water partition coefficient (Wildman–Crippen LogP) is 9.69. The van der Waals surface area contributed by atoms with Crippen LogP contribution in [0.2, 0.25) is 0 Å². The second-order valence-electron chi connectivity index (χ2n) is 10.6. The van der Waals surface area contributed by atoms with Crippen LogP contribution in [-0.2, 0) is 0 Å². The number of nitrogens with one attached hydrogen (secondary N) is 1. The summed E-state index contributed by atoms with van der Waals surface area (Å²) in [6.07, 6.45) is 10.2. The number of pyridine rings is 1. The first-order valence-electron chi connectivity index (χ1n) is 14.3. The van der Waals surface area contributed by atoms with Gasteiger partial charge in [0.1, 0.15) is 0 Å². The van der Waals surface area contributed by atoms with E-state index in [-0.39, 0.29) is 6.04 Å². The Morgan fingerprint density at radius 2 is 1.45 bits per heavy atom. The molecule has 0 fully saturated rings. The van der Waals surface area contributed by atoms with Gasteiger partial charge < -0.3 is 9.88 Å². The highest BCUT2D eigenvalue weighted by atomic mass is 15.0. The Kier molecular flexibility index (Phi) is 6.61. The molecule has 202 valence electrons. The Morgan fingerprint density at radius 1 is 0.714 bits per heavy atom. The molecule has 3 heterocycles. The summed E-state index contributed by atoms with van der Waals surface area (Å²) in [5.41, 5.74) is 12.4. The van der Waals surface area contributed by atoms with E-state index in [2.05, 4.69) is 145 Å². The lowest BCUT2D eigenvalue weighted by Crippen LogP contribution is -2.16. The molecule has 42 heavy (non-hydrogen) atoms. The Labute approximate surface area is 246 Å². The van der Waals surface area contributed by atoms with Gasteiger partial charge >= 0.3 is 0 Å². The van der Waals surface area contributed by atoms with Crippen molar-refractivity contribution in [3.05, 3.63) is 163 Å². The highest BCUT2D eigenvalue weighted by molar-refractivity contribution is 5.89. The molecule has 0 spiro atoms. The van der Waals surface area contributed by atoms with E-state index in [0.717, 1.165) is 39.5 Å². The number of nitrogens with zero attached hydrogens (tertiary/aromatic N) is 2. The molecule has 3 heteroatoms. The Hall–Kier alpha value is -5.41. The van der Waals surface area contributed by atoms with Gasteiger partial charge in [0.2, 0.25) is 0 Å². The normalized spacial score (nSPS) is 14.2. The molecule has 4 aromatic carbocycles. The molecule has 1 aliphatic rings. The smallest absolute Gasteiger partial charge is 0.0869 e. The Bertz CT molecular complexity index is 1970. The average molecular weight is 542 g/mol. The number of hydrogen-bond donors (Lipinski definition) is 1. The summed E-state index contributed by atoms with van der Waals surface area (Å²) in [6.45, 7) is 6.28. The van der Waals surface area contributed by atoms with E-state index in [4.69, 9.17) is 4.98 Å². The van der Waals surface area contributed by atoms with Crippen LogP contribution < -0.4 is 5.32 Å². The van der Waals surface area contributed by atoms with Gasteiger partial charge in [-0.25, -0.2) is 0 Å². The van der Waals surface area contributed by atoms with Crippen LogP contribution in [0.4, 0.5) is 0 Å². The van der Waals surface area contributed by atoms with Crippen LogP contribution in [0, 0.1) is 6.92 Å². The summed E-state index contributed by atoms with van der Waals surface area (Å²) in [5, 5.41) is 4.70. The second kappa shape index (κ2) is 10.9. The number of hydrogen-bond acceptors (Lipinski definition) is 2. The minimum atomic E-state index is 0.00893. The van der Waals surface area contributed by atoms with Crippen molar-refractivity contribution in [2.75, 3.05) is 0 Å². The van der Waals surface area contributed by atoms with Gasteiger partial charge in [0.15, 0.2) is 0 Å². The van der Waals surface area contributed by atoms with Crippen molar-refractivity contribution < 1.29 is 0 Å². The molecule has 2 aromatic heterocycles. The summed E-state index contributed by atoms with van der Waals surface area (Å²) in [4.78, 5) is 5.15. The van der Waals surface area contributed by atoms with Gasteiger partial charge in [-0.1, -0.05) is 97.6 Å². The van der Waals surface area contributed by atoms with Crippen molar-refractivity contribution in [2.24, 2.45) is 0 Å². The number of rotatable bonds is 6.